The summed E-state index contributed by atoms with van der Waals surface area (Å²) in [6.45, 7) is 0.897. The van der Waals surface area contributed by atoms with Gasteiger partial charge >= 0.3 is 6.03 Å². The zero-order valence-electron chi connectivity index (χ0n) is 10.9. The molecule has 0 spiro atoms. The Kier molecular flexibility index (Phi) is 4.14. The van der Waals surface area contributed by atoms with Crippen LogP contribution in [0.25, 0.3) is 0 Å². The van der Waals surface area contributed by atoms with Crippen LogP contribution in [0, 0.1) is 0 Å². The first-order valence-corrected chi connectivity index (χ1v) is 8.66. The van der Waals surface area contributed by atoms with Crippen molar-refractivity contribution in [3.05, 3.63) is 0 Å². The Bertz CT molecular complexity index is 402. The fraction of sp³-hybridized carbons (Fsp3) is 0.917. The standard InChI is InChI=1S/C12H22N2O3S/c1-18(16,17)11-7-8-14(9-11)12(15)13-10-5-3-2-4-6-10/h10-11H,2-9H2,1H3,(H,13,15)/t11-/m1/s1. The van der Waals surface area contributed by atoms with Gasteiger partial charge in [0.25, 0.3) is 0 Å². The Morgan fingerprint density at radius 1 is 1.17 bits per heavy atom. The van der Waals surface area contributed by atoms with Gasteiger partial charge in [-0.05, 0) is 19.3 Å². The van der Waals surface area contributed by atoms with E-state index in [9.17, 15) is 13.2 Å². The summed E-state index contributed by atoms with van der Waals surface area (Å²) in [5, 5.41) is 2.64. The molecule has 2 amide bonds. The van der Waals surface area contributed by atoms with Crippen LogP contribution in [0.1, 0.15) is 38.5 Å². The molecule has 0 unspecified atom stereocenters. The topological polar surface area (TPSA) is 66.5 Å². The van der Waals surface area contributed by atoms with Gasteiger partial charge in [0.15, 0.2) is 9.84 Å². The molecule has 2 rings (SSSR count). The van der Waals surface area contributed by atoms with Crippen molar-refractivity contribution in [3.63, 3.8) is 0 Å². The molecule has 18 heavy (non-hydrogen) atoms. The lowest BCUT2D eigenvalue weighted by molar-refractivity contribution is 0.200. The van der Waals surface area contributed by atoms with Gasteiger partial charge < -0.3 is 10.2 Å². The van der Waals surface area contributed by atoms with Gasteiger partial charge in [-0.2, -0.15) is 0 Å². The lowest BCUT2D eigenvalue weighted by atomic mass is 9.96. The van der Waals surface area contributed by atoms with Crippen molar-refractivity contribution in [3.8, 4) is 0 Å². The average molecular weight is 274 g/mol. The number of nitrogens with zero attached hydrogens (tertiary/aromatic N) is 1. The highest BCUT2D eigenvalue weighted by Gasteiger charge is 2.33. The Labute approximate surface area is 109 Å². The smallest absolute Gasteiger partial charge is 0.317 e. The third-order valence-electron chi connectivity index (χ3n) is 3.97. The number of carbonyl (C=O) groups excluding carboxylic acids is 1. The number of carbonyl (C=O) groups is 1. The summed E-state index contributed by atoms with van der Waals surface area (Å²) >= 11 is 0. The van der Waals surface area contributed by atoms with Gasteiger partial charge in [0.05, 0.1) is 5.25 Å². The highest BCUT2D eigenvalue weighted by atomic mass is 32.2. The highest BCUT2D eigenvalue weighted by Crippen LogP contribution is 2.19. The number of nitrogens with one attached hydrogen (secondary N) is 1. The van der Waals surface area contributed by atoms with Gasteiger partial charge in [-0.15, -0.1) is 0 Å². The van der Waals surface area contributed by atoms with E-state index in [-0.39, 0.29) is 17.3 Å². The van der Waals surface area contributed by atoms with E-state index < -0.39 is 9.84 Å². The van der Waals surface area contributed by atoms with Crippen LogP contribution in [0.3, 0.4) is 0 Å². The average Bonchev–Trinajstić information content (AvgIpc) is 2.79. The second-order valence-corrected chi connectivity index (χ2v) is 7.80. The van der Waals surface area contributed by atoms with E-state index in [1.165, 1.54) is 25.5 Å². The lowest BCUT2D eigenvalue weighted by Gasteiger charge is -2.26. The first-order chi connectivity index (χ1) is 8.47. The van der Waals surface area contributed by atoms with Crippen LogP contribution in [0.2, 0.25) is 0 Å². The molecule has 104 valence electrons. The van der Waals surface area contributed by atoms with Crippen LogP contribution in [-0.4, -0.2) is 50.0 Å². The van der Waals surface area contributed by atoms with E-state index in [1.54, 1.807) is 4.90 Å². The number of amides is 2. The number of likely N-dealkylation sites (tertiary alicyclic amines) is 1. The number of hydrogen-bond donors (Lipinski definition) is 1. The minimum absolute atomic E-state index is 0.0898. The Hall–Kier alpha value is -0.780. The second-order valence-electron chi connectivity index (χ2n) is 5.47. The molecule has 1 saturated heterocycles. The third-order valence-corrected chi connectivity index (χ3v) is 5.57. The molecule has 5 nitrogen and oxygen atoms in total. The highest BCUT2D eigenvalue weighted by molar-refractivity contribution is 7.91. The molecular weight excluding hydrogens is 252 g/mol. The van der Waals surface area contributed by atoms with Gasteiger partial charge in [0.2, 0.25) is 0 Å². The SMILES string of the molecule is CS(=O)(=O)[C@@H]1CCN(C(=O)NC2CCCCC2)C1. The maximum Gasteiger partial charge on any atom is 0.317 e. The van der Waals surface area contributed by atoms with Crippen molar-refractivity contribution in [2.24, 2.45) is 0 Å². The molecule has 1 atom stereocenters. The zero-order chi connectivity index (χ0) is 13.2. The van der Waals surface area contributed by atoms with E-state index in [4.69, 9.17) is 0 Å². The fourth-order valence-corrected chi connectivity index (χ4v) is 3.76. The molecule has 0 bridgehead atoms. The van der Waals surface area contributed by atoms with E-state index in [0.717, 1.165) is 12.8 Å². The molecule has 0 aromatic carbocycles. The van der Waals surface area contributed by atoms with Crippen LogP contribution in [-0.2, 0) is 9.84 Å². The van der Waals surface area contributed by atoms with Gasteiger partial charge in [-0.3, -0.25) is 0 Å². The zero-order valence-corrected chi connectivity index (χ0v) is 11.7. The molecule has 1 aliphatic heterocycles. The van der Waals surface area contributed by atoms with Gasteiger partial charge in [-0.1, -0.05) is 19.3 Å². The maximum absolute atomic E-state index is 12.0. The predicted octanol–water partition coefficient (Wildman–Crippen LogP) is 1.15. The molecule has 2 fully saturated rings. The molecule has 6 heteroatoms. The van der Waals surface area contributed by atoms with Crippen molar-refractivity contribution < 1.29 is 13.2 Å². The first-order valence-electron chi connectivity index (χ1n) is 6.71. The summed E-state index contributed by atoms with van der Waals surface area (Å²) in [5.41, 5.74) is 0. The quantitative estimate of drug-likeness (QED) is 0.821. The van der Waals surface area contributed by atoms with Gasteiger partial charge in [0, 0.05) is 25.4 Å². The summed E-state index contributed by atoms with van der Waals surface area (Å²) in [4.78, 5) is 13.6. The van der Waals surface area contributed by atoms with Crippen molar-refractivity contribution in [1.82, 2.24) is 10.2 Å². The summed E-state index contributed by atoms with van der Waals surface area (Å²) in [6.07, 6.45) is 7.53. The number of sulfone groups is 1. The number of hydrogen-bond acceptors (Lipinski definition) is 3. The monoisotopic (exact) mass is 274 g/mol. The molecule has 1 saturated carbocycles. The minimum atomic E-state index is -3.02. The Morgan fingerprint density at radius 2 is 1.83 bits per heavy atom. The largest absolute Gasteiger partial charge is 0.335 e. The van der Waals surface area contributed by atoms with Crippen LogP contribution in [0.5, 0.6) is 0 Å². The third kappa shape index (κ3) is 3.37. The summed E-state index contributed by atoms with van der Waals surface area (Å²) in [7, 11) is -3.02. The van der Waals surface area contributed by atoms with Crippen molar-refractivity contribution in [2.75, 3.05) is 19.3 Å². The summed E-state index contributed by atoms with van der Waals surface area (Å²) < 4.78 is 22.9. The van der Waals surface area contributed by atoms with Gasteiger partial charge in [-0.25, -0.2) is 13.2 Å². The number of urea groups is 1. The molecule has 2 aliphatic rings. The molecular formula is C12H22N2O3S. The predicted molar refractivity (Wildman–Crippen MR) is 70.2 cm³/mol. The summed E-state index contributed by atoms with van der Waals surface area (Å²) in [6, 6.07) is 0.191. The lowest BCUT2D eigenvalue weighted by Crippen LogP contribution is -2.45. The fourth-order valence-electron chi connectivity index (χ4n) is 2.77. The van der Waals surface area contributed by atoms with Gasteiger partial charge in [0.1, 0.15) is 0 Å². The van der Waals surface area contributed by atoms with Crippen molar-refractivity contribution >= 4 is 15.9 Å². The Morgan fingerprint density at radius 3 is 2.39 bits per heavy atom. The maximum atomic E-state index is 12.0. The summed E-state index contributed by atoms with van der Waals surface area (Å²) in [5.74, 6) is 0. The molecule has 1 aliphatic carbocycles. The molecule has 0 radical (unpaired) electrons. The van der Waals surface area contributed by atoms with Crippen molar-refractivity contribution in [2.45, 2.75) is 49.8 Å². The molecule has 0 aromatic rings. The van der Waals surface area contributed by atoms with E-state index in [1.807, 2.05) is 0 Å². The Balaban J connectivity index is 1.83. The minimum Gasteiger partial charge on any atom is -0.335 e. The van der Waals surface area contributed by atoms with E-state index in [2.05, 4.69) is 5.32 Å². The normalized spacial score (nSPS) is 26.3. The molecule has 0 aromatic heterocycles. The van der Waals surface area contributed by atoms with Crippen LogP contribution in [0.4, 0.5) is 4.79 Å². The molecule has 1 heterocycles. The van der Waals surface area contributed by atoms with Crippen LogP contribution < -0.4 is 5.32 Å². The number of rotatable bonds is 2. The molecule has 1 N–H and O–H groups in total. The van der Waals surface area contributed by atoms with Crippen molar-refractivity contribution in [1.29, 1.82) is 0 Å². The van der Waals surface area contributed by atoms with Crippen LogP contribution >= 0.6 is 0 Å². The first kappa shape index (κ1) is 13.6. The van der Waals surface area contributed by atoms with Crippen LogP contribution in [0.15, 0.2) is 0 Å². The van der Waals surface area contributed by atoms with E-state index in [0.29, 0.717) is 19.5 Å². The van der Waals surface area contributed by atoms with E-state index >= 15 is 0 Å². The second kappa shape index (κ2) is 5.47.